The first-order valence-electron chi connectivity index (χ1n) is 7.84. The Morgan fingerprint density at radius 3 is 2.77 bits per heavy atom. The normalized spacial score (nSPS) is 22.8. The summed E-state index contributed by atoms with van der Waals surface area (Å²) in [5, 5.41) is 3.65. The fourth-order valence-corrected chi connectivity index (χ4v) is 3.82. The molecule has 1 heterocycles. The minimum absolute atomic E-state index is 0.0696. The number of benzene rings is 1. The molecule has 0 radical (unpaired) electrons. The van der Waals surface area contributed by atoms with Crippen LogP contribution in [-0.2, 0) is 20.7 Å². The third kappa shape index (κ3) is 2.98. The summed E-state index contributed by atoms with van der Waals surface area (Å²) in [6, 6.07) is 7.61. The first-order valence-corrected chi connectivity index (χ1v) is 8.21. The van der Waals surface area contributed by atoms with E-state index in [1.807, 2.05) is 24.3 Å². The van der Waals surface area contributed by atoms with Crippen molar-refractivity contribution < 1.29 is 14.3 Å². The first kappa shape index (κ1) is 15.3. The van der Waals surface area contributed by atoms with Crippen LogP contribution in [-0.4, -0.2) is 24.0 Å². The number of halogens is 1. The monoisotopic (exact) mass is 321 g/mol. The Hall–Kier alpha value is -1.55. The molecular formula is C17H20ClNO3. The van der Waals surface area contributed by atoms with Crippen molar-refractivity contribution in [2.24, 2.45) is 5.92 Å². The van der Waals surface area contributed by atoms with Crippen molar-refractivity contribution in [3.63, 3.8) is 0 Å². The summed E-state index contributed by atoms with van der Waals surface area (Å²) in [6.07, 6.45) is 4.55. The Morgan fingerprint density at radius 2 is 2.05 bits per heavy atom. The van der Waals surface area contributed by atoms with Crippen LogP contribution in [0.1, 0.15) is 37.7 Å². The number of hydrogen-bond donors (Lipinski definition) is 1. The number of amides is 1. The van der Waals surface area contributed by atoms with Gasteiger partial charge in [-0.1, -0.05) is 29.8 Å². The molecule has 1 spiro atoms. The van der Waals surface area contributed by atoms with Crippen molar-refractivity contribution in [1.29, 1.82) is 0 Å². The third-order valence-corrected chi connectivity index (χ3v) is 5.11. The Kier molecular flexibility index (Phi) is 4.39. The second-order valence-corrected chi connectivity index (χ2v) is 6.54. The quantitative estimate of drug-likeness (QED) is 0.868. The summed E-state index contributed by atoms with van der Waals surface area (Å²) in [4.78, 5) is 24.1. The molecule has 3 rings (SSSR count). The van der Waals surface area contributed by atoms with Crippen LogP contribution in [0.4, 0.5) is 0 Å². The van der Waals surface area contributed by atoms with E-state index in [1.165, 1.54) is 0 Å². The van der Waals surface area contributed by atoms with Gasteiger partial charge in [0.25, 0.3) is 0 Å². The zero-order valence-corrected chi connectivity index (χ0v) is 13.2. The SMILES string of the molecule is O=C1CC(C(=O)NCCc2ccccc2Cl)C2(CCCC2)O1. The number of ether oxygens (including phenoxy) is 1. The van der Waals surface area contributed by atoms with Gasteiger partial charge in [-0.3, -0.25) is 9.59 Å². The van der Waals surface area contributed by atoms with Crippen LogP contribution in [0.15, 0.2) is 24.3 Å². The van der Waals surface area contributed by atoms with Gasteiger partial charge in [0.2, 0.25) is 5.91 Å². The minimum Gasteiger partial charge on any atom is -0.458 e. The Morgan fingerprint density at radius 1 is 1.32 bits per heavy atom. The summed E-state index contributed by atoms with van der Waals surface area (Å²) in [5.41, 5.74) is 0.477. The summed E-state index contributed by atoms with van der Waals surface area (Å²) in [6.45, 7) is 0.517. The van der Waals surface area contributed by atoms with Gasteiger partial charge in [0.15, 0.2) is 0 Å². The molecule has 1 aliphatic heterocycles. The van der Waals surface area contributed by atoms with E-state index in [0.29, 0.717) is 18.0 Å². The van der Waals surface area contributed by atoms with Gasteiger partial charge in [0.05, 0.1) is 12.3 Å². The average molecular weight is 322 g/mol. The molecule has 1 aromatic rings. The molecule has 2 aliphatic rings. The molecule has 22 heavy (non-hydrogen) atoms. The molecule has 1 saturated heterocycles. The lowest BCUT2D eigenvalue weighted by atomic mass is 9.85. The Balaban J connectivity index is 1.58. The van der Waals surface area contributed by atoms with E-state index in [9.17, 15) is 9.59 Å². The van der Waals surface area contributed by atoms with Crippen LogP contribution in [0.2, 0.25) is 5.02 Å². The summed E-state index contributed by atoms with van der Waals surface area (Å²) < 4.78 is 5.51. The van der Waals surface area contributed by atoms with E-state index >= 15 is 0 Å². The average Bonchev–Trinajstić information content (AvgIpc) is 3.08. The zero-order chi connectivity index (χ0) is 15.6. The van der Waals surface area contributed by atoms with Crippen LogP contribution in [0, 0.1) is 5.92 Å². The molecule has 4 nitrogen and oxygen atoms in total. The van der Waals surface area contributed by atoms with Crippen molar-refractivity contribution in [3.05, 3.63) is 34.9 Å². The maximum absolute atomic E-state index is 12.5. The maximum Gasteiger partial charge on any atom is 0.307 e. The number of carbonyl (C=O) groups excluding carboxylic acids is 2. The van der Waals surface area contributed by atoms with E-state index in [2.05, 4.69) is 5.32 Å². The van der Waals surface area contributed by atoms with Crippen molar-refractivity contribution in [1.82, 2.24) is 5.32 Å². The molecule has 0 bridgehead atoms. The maximum atomic E-state index is 12.5. The second-order valence-electron chi connectivity index (χ2n) is 6.14. The molecule has 1 unspecified atom stereocenters. The highest BCUT2D eigenvalue weighted by molar-refractivity contribution is 6.31. The predicted molar refractivity (Wildman–Crippen MR) is 83.6 cm³/mol. The van der Waals surface area contributed by atoms with Crippen LogP contribution in [0.5, 0.6) is 0 Å². The smallest absolute Gasteiger partial charge is 0.307 e. The molecule has 118 valence electrons. The molecule has 1 aromatic carbocycles. The number of carbonyl (C=O) groups is 2. The summed E-state index contributed by atoms with van der Waals surface area (Å²) >= 11 is 6.11. The third-order valence-electron chi connectivity index (χ3n) is 4.74. The summed E-state index contributed by atoms with van der Waals surface area (Å²) in [5.74, 6) is -0.651. The topological polar surface area (TPSA) is 55.4 Å². The highest BCUT2D eigenvalue weighted by atomic mass is 35.5. The lowest BCUT2D eigenvalue weighted by Crippen LogP contribution is -2.43. The Labute approximate surface area is 135 Å². The highest BCUT2D eigenvalue weighted by Gasteiger charge is 2.53. The molecule has 1 saturated carbocycles. The minimum atomic E-state index is -0.536. The van der Waals surface area contributed by atoms with Gasteiger partial charge < -0.3 is 10.1 Å². The molecule has 1 N–H and O–H groups in total. The molecule has 1 amide bonds. The summed E-state index contributed by atoms with van der Waals surface area (Å²) in [7, 11) is 0. The predicted octanol–water partition coefficient (Wildman–Crippen LogP) is 2.87. The first-order chi connectivity index (χ1) is 10.6. The van der Waals surface area contributed by atoms with E-state index in [4.69, 9.17) is 16.3 Å². The largest absolute Gasteiger partial charge is 0.458 e. The van der Waals surface area contributed by atoms with Crippen molar-refractivity contribution in [2.45, 2.75) is 44.1 Å². The van der Waals surface area contributed by atoms with Gasteiger partial charge >= 0.3 is 5.97 Å². The molecule has 2 fully saturated rings. The van der Waals surface area contributed by atoms with E-state index in [0.717, 1.165) is 31.2 Å². The zero-order valence-electron chi connectivity index (χ0n) is 12.4. The molecule has 0 aromatic heterocycles. The lowest BCUT2D eigenvalue weighted by molar-refractivity contribution is -0.149. The van der Waals surface area contributed by atoms with Crippen molar-refractivity contribution in [3.8, 4) is 0 Å². The molecule has 5 heteroatoms. The Bertz CT molecular complexity index is 581. The van der Waals surface area contributed by atoms with E-state index < -0.39 is 5.60 Å². The van der Waals surface area contributed by atoms with Gasteiger partial charge in [-0.15, -0.1) is 0 Å². The molecule has 1 atom stereocenters. The number of esters is 1. The number of hydrogen-bond acceptors (Lipinski definition) is 3. The standard InChI is InChI=1S/C17H20ClNO3/c18-14-6-2-1-5-12(14)7-10-19-16(21)13-11-15(20)22-17(13)8-3-4-9-17/h1-2,5-6,13H,3-4,7-11H2,(H,19,21). The fourth-order valence-electron chi connectivity index (χ4n) is 3.59. The number of nitrogens with one attached hydrogen (secondary N) is 1. The fraction of sp³-hybridized carbons (Fsp3) is 0.529. The van der Waals surface area contributed by atoms with Gasteiger partial charge in [-0.05, 0) is 43.7 Å². The van der Waals surface area contributed by atoms with Gasteiger partial charge in [0, 0.05) is 11.6 Å². The molecule has 1 aliphatic carbocycles. The van der Waals surface area contributed by atoms with Crippen molar-refractivity contribution >= 4 is 23.5 Å². The second kappa shape index (κ2) is 6.29. The number of rotatable bonds is 4. The van der Waals surface area contributed by atoms with Gasteiger partial charge in [-0.25, -0.2) is 0 Å². The van der Waals surface area contributed by atoms with Gasteiger partial charge in [-0.2, -0.15) is 0 Å². The van der Waals surface area contributed by atoms with Crippen molar-refractivity contribution in [2.75, 3.05) is 6.54 Å². The molecular weight excluding hydrogens is 302 g/mol. The van der Waals surface area contributed by atoms with Crippen LogP contribution in [0.3, 0.4) is 0 Å². The van der Waals surface area contributed by atoms with Crippen LogP contribution < -0.4 is 5.32 Å². The highest BCUT2D eigenvalue weighted by Crippen LogP contribution is 2.45. The lowest BCUT2D eigenvalue weighted by Gasteiger charge is -2.27. The van der Waals surface area contributed by atoms with Crippen LogP contribution >= 0.6 is 11.6 Å². The van der Waals surface area contributed by atoms with E-state index in [-0.39, 0.29) is 24.2 Å². The van der Waals surface area contributed by atoms with Gasteiger partial charge in [0.1, 0.15) is 5.60 Å². The van der Waals surface area contributed by atoms with E-state index in [1.54, 1.807) is 0 Å². The van der Waals surface area contributed by atoms with Crippen LogP contribution in [0.25, 0.3) is 0 Å².